The number of anilines is 1. The van der Waals surface area contributed by atoms with Crippen molar-refractivity contribution in [3.8, 4) is 0 Å². The lowest BCUT2D eigenvalue weighted by Crippen LogP contribution is -2.11. The molecule has 0 radical (unpaired) electrons. The first-order chi connectivity index (χ1) is 10.6. The topological polar surface area (TPSA) is 94.1 Å². The molecule has 0 unspecified atom stereocenters. The molecule has 1 amide bonds. The van der Waals surface area contributed by atoms with Gasteiger partial charge in [0.15, 0.2) is 4.34 Å². The van der Waals surface area contributed by atoms with E-state index in [1.54, 1.807) is 13.0 Å². The summed E-state index contributed by atoms with van der Waals surface area (Å²) < 4.78 is 5.38. The summed E-state index contributed by atoms with van der Waals surface area (Å²) in [7, 11) is 0. The van der Waals surface area contributed by atoms with E-state index in [1.807, 2.05) is 0 Å². The molecule has 22 heavy (non-hydrogen) atoms. The Labute approximate surface area is 139 Å². The Hall–Kier alpha value is -1.71. The Bertz CT molecular complexity index is 663. The zero-order valence-electron chi connectivity index (χ0n) is 11.4. The smallest absolute Gasteiger partial charge is 0.316 e. The molecule has 0 saturated carbocycles. The first-order valence-electron chi connectivity index (χ1n) is 6.13. The second-order valence-corrected chi connectivity index (χ2v) is 6.38. The fourth-order valence-corrected chi connectivity index (χ4v) is 2.98. The van der Waals surface area contributed by atoms with Crippen molar-refractivity contribution in [2.45, 2.75) is 11.3 Å². The molecule has 116 valence electrons. The Kier molecular flexibility index (Phi) is 6.10. The van der Waals surface area contributed by atoms with Gasteiger partial charge >= 0.3 is 5.97 Å². The van der Waals surface area contributed by atoms with Crippen molar-refractivity contribution in [2.75, 3.05) is 17.7 Å². The number of hydrogen-bond acceptors (Lipinski definition) is 8. The van der Waals surface area contributed by atoms with Crippen LogP contribution in [0.15, 0.2) is 22.7 Å². The third-order valence-corrected chi connectivity index (χ3v) is 4.40. The molecule has 2 rings (SSSR count). The minimum atomic E-state index is -0.359. The predicted molar refractivity (Wildman–Crippen MR) is 84.5 cm³/mol. The third kappa shape index (κ3) is 4.93. The minimum absolute atomic E-state index is 0.150. The number of rotatable bonds is 6. The summed E-state index contributed by atoms with van der Waals surface area (Å²) in [4.78, 5) is 27.0. The molecule has 2 heterocycles. The van der Waals surface area contributed by atoms with Crippen LogP contribution in [-0.2, 0) is 9.53 Å². The normalized spacial score (nSPS) is 10.3. The monoisotopic (exact) mass is 358 g/mol. The van der Waals surface area contributed by atoms with Crippen LogP contribution in [-0.4, -0.2) is 39.4 Å². The van der Waals surface area contributed by atoms with E-state index in [0.717, 1.165) is 0 Å². The molecule has 0 atom stereocenters. The van der Waals surface area contributed by atoms with E-state index in [9.17, 15) is 9.59 Å². The molecule has 7 nitrogen and oxygen atoms in total. The van der Waals surface area contributed by atoms with Gasteiger partial charge in [0.2, 0.25) is 5.13 Å². The van der Waals surface area contributed by atoms with Crippen molar-refractivity contribution in [2.24, 2.45) is 0 Å². The van der Waals surface area contributed by atoms with E-state index in [0.29, 0.717) is 26.8 Å². The van der Waals surface area contributed by atoms with Crippen LogP contribution in [0.5, 0.6) is 0 Å². The number of nitrogens with zero attached hydrogens (tertiary/aromatic N) is 3. The predicted octanol–water partition coefficient (Wildman–Crippen LogP) is 2.49. The summed E-state index contributed by atoms with van der Waals surface area (Å²) in [5.74, 6) is -0.528. The van der Waals surface area contributed by atoms with E-state index in [1.165, 1.54) is 35.4 Å². The lowest BCUT2D eigenvalue weighted by Gasteiger charge is -2.00. The van der Waals surface area contributed by atoms with E-state index >= 15 is 0 Å². The van der Waals surface area contributed by atoms with Gasteiger partial charge in [-0.3, -0.25) is 14.9 Å². The number of aromatic nitrogens is 3. The standard InChI is InChI=1S/C12H11ClN4O3S2/c1-2-20-9(18)6-21-12-17-16-11(22-12)15-10(19)7-3-4-8(13)14-5-7/h3-5H,2,6H2,1H3,(H,15,16,19). The van der Waals surface area contributed by atoms with Crippen LogP contribution in [0.1, 0.15) is 17.3 Å². The number of thioether (sulfide) groups is 1. The molecule has 0 aliphatic heterocycles. The fraction of sp³-hybridized carbons (Fsp3) is 0.250. The van der Waals surface area contributed by atoms with Crippen molar-refractivity contribution in [3.05, 3.63) is 29.0 Å². The van der Waals surface area contributed by atoms with E-state index in [2.05, 4.69) is 20.5 Å². The maximum atomic E-state index is 11.9. The number of esters is 1. The average molecular weight is 359 g/mol. The van der Waals surface area contributed by atoms with Crippen molar-refractivity contribution in [3.63, 3.8) is 0 Å². The summed E-state index contributed by atoms with van der Waals surface area (Å²) >= 11 is 8.04. The van der Waals surface area contributed by atoms with Gasteiger partial charge in [-0.2, -0.15) is 0 Å². The van der Waals surface area contributed by atoms with Gasteiger partial charge in [-0.15, -0.1) is 10.2 Å². The van der Waals surface area contributed by atoms with Crippen LogP contribution in [0.3, 0.4) is 0 Å². The molecular formula is C12H11ClN4O3S2. The van der Waals surface area contributed by atoms with Crippen LogP contribution in [0.25, 0.3) is 0 Å². The molecule has 10 heteroatoms. The number of carbonyl (C=O) groups excluding carboxylic acids is 2. The summed E-state index contributed by atoms with van der Waals surface area (Å²) in [6.45, 7) is 2.08. The second kappa shape index (κ2) is 8.06. The first-order valence-corrected chi connectivity index (χ1v) is 8.31. The molecule has 2 aromatic heterocycles. The van der Waals surface area contributed by atoms with Crippen LogP contribution in [0.2, 0.25) is 5.15 Å². The Balaban J connectivity index is 1.90. The SMILES string of the molecule is CCOC(=O)CSc1nnc(NC(=O)c2ccc(Cl)nc2)s1. The molecular weight excluding hydrogens is 348 g/mol. The molecule has 0 aliphatic carbocycles. The summed E-state index contributed by atoms with van der Waals surface area (Å²) in [6, 6.07) is 3.08. The van der Waals surface area contributed by atoms with Gasteiger partial charge < -0.3 is 4.74 Å². The highest BCUT2D eigenvalue weighted by Crippen LogP contribution is 2.25. The Morgan fingerprint density at radius 3 is 2.91 bits per heavy atom. The first kappa shape index (κ1) is 16.7. The summed E-state index contributed by atoms with van der Waals surface area (Å²) in [5, 5.41) is 11.0. The lowest BCUT2D eigenvalue weighted by atomic mass is 10.3. The van der Waals surface area contributed by atoms with Gasteiger partial charge in [0.1, 0.15) is 5.15 Å². The van der Waals surface area contributed by atoms with Gasteiger partial charge in [-0.1, -0.05) is 34.7 Å². The Morgan fingerprint density at radius 1 is 1.41 bits per heavy atom. The molecule has 1 N–H and O–H groups in total. The zero-order chi connectivity index (χ0) is 15.9. The highest BCUT2D eigenvalue weighted by molar-refractivity contribution is 8.01. The third-order valence-electron chi connectivity index (χ3n) is 2.24. The fourth-order valence-electron chi connectivity index (χ4n) is 1.32. The van der Waals surface area contributed by atoms with Crippen molar-refractivity contribution < 1.29 is 14.3 Å². The quantitative estimate of drug-likeness (QED) is 0.367. The van der Waals surface area contributed by atoms with Crippen LogP contribution in [0.4, 0.5) is 5.13 Å². The van der Waals surface area contributed by atoms with Crippen molar-refractivity contribution in [1.82, 2.24) is 15.2 Å². The number of ether oxygens (including phenoxy) is 1. The van der Waals surface area contributed by atoms with Crippen molar-refractivity contribution >= 4 is 51.7 Å². The lowest BCUT2D eigenvalue weighted by molar-refractivity contribution is -0.139. The van der Waals surface area contributed by atoms with E-state index in [-0.39, 0.29) is 17.6 Å². The molecule has 0 saturated heterocycles. The van der Waals surface area contributed by atoms with Gasteiger partial charge in [0.05, 0.1) is 17.9 Å². The number of nitrogens with one attached hydrogen (secondary N) is 1. The Morgan fingerprint density at radius 2 is 2.23 bits per heavy atom. The molecule has 0 spiro atoms. The molecule has 0 fully saturated rings. The maximum absolute atomic E-state index is 11.9. The maximum Gasteiger partial charge on any atom is 0.316 e. The van der Waals surface area contributed by atoms with E-state index in [4.69, 9.17) is 16.3 Å². The average Bonchev–Trinajstić information content (AvgIpc) is 2.93. The molecule has 2 aromatic rings. The highest BCUT2D eigenvalue weighted by atomic mass is 35.5. The van der Waals surface area contributed by atoms with Crippen LogP contribution >= 0.6 is 34.7 Å². The van der Waals surface area contributed by atoms with Gasteiger partial charge in [-0.05, 0) is 19.1 Å². The van der Waals surface area contributed by atoms with Crippen LogP contribution < -0.4 is 5.32 Å². The molecule has 0 bridgehead atoms. The largest absolute Gasteiger partial charge is 0.465 e. The molecule has 0 aromatic carbocycles. The minimum Gasteiger partial charge on any atom is -0.465 e. The van der Waals surface area contributed by atoms with Gasteiger partial charge in [-0.25, -0.2) is 4.98 Å². The number of pyridine rings is 1. The summed E-state index contributed by atoms with van der Waals surface area (Å²) in [6.07, 6.45) is 1.37. The van der Waals surface area contributed by atoms with E-state index < -0.39 is 0 Å². The number of hydrogen-bond donors (Lipinski definition) is 1. The highest BCUT2D eigenvalue weighted by Gasteiger charge is 2.12. The number of carbonyl (C=O) groups is 2. The van der Waals surface area contributed by atoms with Crippen LogP contribution in [0, 0.1) is 0 Å². The van der Waals surface area contributed by atoms with Crippen molar-refractivity contribution in [1.29, 1.82) is 0 Å². The number of amides is 1. The number of halogens is 1. The second-order valence-electron chi connectivity index (χ2n) is 3.79. The van der Waals surface area contributed by atoms with Gasteiger partial charge in [0.25, 0.3) is 5.91 Å². The zero-order valence-corrected chi connectivity index (χ0v) is 13.8. The summed E-state index contributed by atoms with van der Waals surface area (Å²) in [5.41, 5.74) is 0.361. The van der Waals surface area contributed by atoms with Gasteiger partial charge in [0, 0.05) is 6.20 Å². The molecule has 0 aliphatic rings.